The lowest BCUT2D eigenvalue weighted by Gasteiger charge is -2.04. The van der Waals surface area contributed by atoms with Crippen molar-refractivity contribution in [1.82, 2.24) is 4.98 Å². The normalized spacial score (nSPS) is 10.2. The molecular weight excluding hydrogens is 245 g/mol. The first-order valence-electron chi connectivity index (χ1n) is 4.72. The van der Waals surface area contributed by atoms with Gasteiger partial charge in [-0.2, -0.15) is 4.39 Å². The van der Waals surface area contributed by atoms with Gasteiger partial charge < -0.3 is 5.32 Å². The Bertz CT molecular complexity index is 530. The molecular formula is C10H8FN3O2S. The Morgan fingerprint density at radius 1 is 1.53 bits per heavy atom. The monoisotopic (exact) mass is 253 g/mol. The van der Waals surface area contributed by atoms with E-state index in [1.807, 2.05) is 0 Å². The molecule has 5 nitrogen and oxygen atoms in total. The van der Waals surface area contributed by atoms with Gasteiger partial charge in [-0.3, -0.25) is 15.1 Å². The van der Waals surface area contributed by atoms with E-state index in [1.54, 1.807) is 11.7 Å². The highest BCUT2D eigenvalue weighted by molar-refractivity contribution is 7.09. The molecule has 1 heterocycles. The van der Waals surface area contributed by atoms with Crippen molar-refractivity contribution < 1.29 is 9.31 Å². The molecule has 0 aliphatic carbocycles. The van der Waals surface area contributed by atoms with Gasteiger partial charge in [0.2, 0.25) is 5.82 Å². The molecule has 1 N–H and O–H groups in total. The van der Waals surface area contributed by atoms with E-state index in [2.05, 4.69) is 10.3 Å². The maximum atomic E-state index is 13.3. The van der Waals surface area contributed by atoms with Crippen molar-refractivity contribution in [2.45, 2.75) is 6.54 Å². The van der Waals surface area contributed by atoms with Crippen molar-refractivity contribution in [2.24, 2.45) is 0 Å². The van der Waals surface area contributed by atoms with Gasteiger partial charge in [-0.25, -0.2) is 0 Å². The number of hydrogen-bond acceptors (Lipinski definition) is 5. The van der Waals surface area contributed by atoms with Gasteiger partial charge in [-0.05, 0) is 6.07 Å². The van der Waals surface area contributed by atoms with Crippen LogP contribution in [0.4, 0.5) is 15.8 Å². The van der Waals surface area contributed by atoms with Crippen LogP contribution in [0.15, 0.2) is 29.9 Å². The first-order chi connectivity index (χ1) is 8.16. The quantitative estimate of drug-likeness (QED) is 0.672. The lowest BCUT2D eigenvalue weighted by atomic mass is 10.2. The second-order valence-corrected chi connectivity index (χ2v) is 4.22. The maximum absolute atomic E-state index is 13.3. The third-order valence-corrected chi connectivity index (χ3v) is 2.87. The van der Waals surface area contributed by atoms with E-state index in [4.69, 9.17) is 0 Å². The molecule has 1 aromatic heterocycles. The Labute approximate surface area is 100 Å². The van der Waals surface area contributed by atoms with E-state index in [0.29, 0.717) is 12.2 Å². The standard InChI is InChI=1S/C10H8FN3O2S/c11-9-3-7(1-2-10(9)14(15)16)13-5-8-4-12-6-17-8/h1-4,6,13H,5H2. The summed E-state index contributed by atoms with van der Waals surface area (Å²) >= 11 is 1.48. The third-order valence-electron chi connectivity index (χ3n) is 2.09. The highest BCUT2D eigenvalue weighted by atomic mass is 32.1. The third kappa shape index (κ3) is 2.76. The lowest BCUT2D eigenvalue weighted by molar-refractivity contribution is -0.387. The molecule has 0 unspecified atom stereocenters. The zero-order valence-corrected chi connectivity index (χ0v) is 9.41. The summed E-state index contributed by atoms with van der Waals surface area (Å²) < 4.78 is 13.3. The molecule has 0 saturated heterocycles. The van der Waals surface area contributed by atoms with Gasteiger partial charge in [-0.15, -0.1) is 11.3 Å². The van der Waals surface area contributed by atoms with Crippen molar-refractivity contribution in [3.05, 3.63) is 50.7 Å². The van der Waals surface area contributed by atoms with Crippen molar-refractivity contribution in [3.63, 3.8) is 0 Å². The minimum absolute atomic E-state index is 0.501. The summed E-state index contributed by atoms with van der Waals surface area (Å²) in [5, 5.41) is 13.4. The molecule has 0 aliphatic rings. The Kier molecular flexibility index (Phi) is 3.29. The number of nitrogens with one attached hydrogen (secondary N) is 1. The first-order valence-corrected chi connectivity index (χ1v) is 5.60. The van der Waals surface area contributed by atoms with Crippen LogP contribution < -0.4 is 5.32 Å². The molecule has 2 rings (SSSR count). The molecule has 0 bridgehead atoms. The number of nitrogens with zero attached hydrogens (tertiary/aromatic N) is 2. The number of aromatic nitrogens is 1. The molecule has 0 atom stereocenters. The summed E-state index contributed by atoms with van der Waals surface area (Å²) in [6, 6.07) is 3.73. The van der Waals surface area contributed by atoms with Crippen LogP contribution in [0.5, 0.6) is 0 Å². The average molecular weight is 253 g/mol. The lowest BCUT2D eigenvalue weighted by Crippen LogP contribution is -1.99. The molecule has 1 aromatic carbocycles. The fourth-order valence-corrected chi connectivity index (χ4v) is 1.82. The molecule has 7 heteroatoms. The summed E-state index contributed by atoms with van der Waals surface area (Å²) in [4.78, 5) is 14.6. The van der Waals surface area contributed by atoms with Crippen LogP contribution in [-0.2, 0) is 6.54 Å². The van der Waals surface area contributed by atoms with Crippen LogP contribution in [0.2, 0.25) is 0 Å². The Morgan fingerprint density at radius 3 is 2.94 bits per heavy atom. The number of hydrogen-bond donors (Lipinski definition) is 1. The molecule has 0 amide bonds. The second kappa shape index (κ2) is 4.88. The summed E-state index contributed by atoms with van der Waals surface area (Å²) in [6.45, 7) is 0.516. The first kappa shape index (κ1) is 11.5. The van der Waals surface area contributed by atoms with E-state index in [-0.39, 0.29) is 0 Å². The molecule has 0 aliphatic heterocycles. The second-order valence-electron chi connectivity index (χ2n) is 3.24. The highest BCUT2D eigenvalue weighted by Crippen LogP contribution is 2.21. The topological polar surface area (TPSA) is 68.1 Å². The predicted octanol–water partition coefficient (Wildman–Crippen LogP) is 2.80. The largest absolute Gasteiger partial charge is 0.380 e. The molecule has 0 fully saturated rings. The Hall–Kier alpha value is -2.02. The SMILES string of the molecule is O=[N+]([O-])c1ccc(NCc2cncs2)cc1F. The van der Waals surface area contributed by atoms with Crippen LogP contribution in [-0.4, -0.2) is 9.91 Å². The van der Waals surface area contributed by atoms with E-state index < -0.39 is 16.4 Å². The number of nitro benzene ring substituents is 1. The zero-order valence-electron chi connectivity index (χ0n) is 8.59. The fraction of sp³-hybridized carbons (Fsp3) is 0.100. The molecule has 88 valence electrons. The Balaban J connectivity index is 2.07. The van der Waals surface area contributed by atoms with E-state index in [9.17, 15) is 14.5 Å². The molecule has 0 spiro atoms. The smallest absolute Gasteiger partial charge is 0.304 e. The number of thiazole rings is 1. The molecule has 0 radical (unpaired) electrons. The molecule has 17 heavy (non-hydrogen) atoms. The van der Waals surface area contributed by atoms with Crippen molar-refractivity contribution in [3.8, 4) is 0 Å². The Morgan fingerprint density at radius 2 is 2.35 bits per heavy atom. The van der Waals surface area contributed by atoms with Crippen molar-refractivity contribution in [1.29, 1.82) is 0 Å². The van der Waals surface area contributed by atoms with Crippen LogP contribution in [0.1, 0.15) is 4.88 Å². The van der Waals surface area contributed by atoms with Gasteiger partial charge in [0, 0.05) is 28.9 Å². The number of rotatable bonds is 4. The summed E-state index contributed by atoms with van der Waals surface area (Å²) in [5.74, 6) is -0.843. The van der Waals surface area contributed by atoms with E-state index in [0.717, 1.165) is 17.0 Å². The van der Waals surface area contributed by atoms with Gasteiger partial charge in [0.15, 0.2) is 0 Å². The minimum Gasteiger partial charge on any atom is -0.380 e. The summed E-state index contributed by atoms with van der Waals surface area (Å²) in [6.07, 6.45) is 1.71. The molecule has 0 saturated carbocycles. The highest BCUT2D eigenvalue weighted by Gasteiger charge is 2.13. The van der Waals surface area contributed by atoms with Gasteiger partial charge in [0.1, 0.15) is 0 Å². The van der Waals surface area contributed by atoms with Gasteiger partial charge >= 0.3 is 5.69 Å². The average Bonchev–Trinajstić information content (AvgIpc) is 2.78. The minimum atomic E-state index is -0.843. The van der Waals surface area contributed by atoms with Crippen molar-refractivity contribution >= 4 is 22.7 Å². The number of anilines is 1. The number of benzene rings is 1. The van der Waals surface area contributed by atoms with E-state index >= 15 is 0 Å². The predicted molar refractivity (Wildman–Crippen MR) is 62.5 cm³/mol. The summed E-state index contributed by atoms with van der Waals surface area (Å²) in [7, 11) is 0. The number of halogens is 1. The van der Waals surface area contributed by atoms with Gasteiger partial charge in [0.05, 0.1) is 17.0 Å². The van der Waals surface area contributed by atoms with Gasteiger partial charge in [-0.1, -0.05) is 0 Å². The van der Waals surface area contributed by atoms with Crippen LogP contribution in [0, 0.1) is 15.9 Å². The van der Waals surface area contributed by atoms with Crippen molar-refractivity contribution in [2.75, 3.05) is 5.32 Å². The maximum Gasteiger partial charge on any atom is 0.304 e. The van der Waals surface area contributed by atoms with E-state index in [1.165, 1.54) is 17.4 Å². The van der Waals surface area contributed by atoms with Crippen LogP contribution >= 0.6 is 11.3 Å². The summed E-state index contributed by atoms with van der Waals surface area (Å²) in [5.41, 5.74) is 1.68. The van der Waals surface area contributed by atoms with Crippen LogP contribution in [0.3, 0.4) is 0 Å². The van der Waals surface area contributed by atoms with Gasteiger partial charge in [0.25, 0.3) is 0 Å². The fourth-order valence-electron chi connectivity index (χ4n) is 1.28. The van der Waals surface area contributed by atoms with Crippen LogP contribution in [0.25, 0.3) is 0 Å². The number of nitro groups is 1. The molecule has 2 aromatic rings. The zero-order chi connectivity index (χ0) is 12.3.